The predicted octanol–water partition coefficient (Wildman–Crippen LogP) is 15.8. The maximum atomic E-state index is 6.94. The molecule has 1 aliphatic rings. The minimum Gasteiger partial charge on any atom is -0.455 e. The summed E-state index contributed by atoms with van der Waals surface area (Å²) in [5.41, 5.74) is 15.2. The van der Waals surface area contributed by atoms with Gasteiger partial charge in [-0.05, 0) is 76.9 Å². The summed E-state index contributed by atoms with van der Waals surface area (Å²) in [5, 5.41) is 3.52. The van der Waals surface area contributed by atoms with Crippen LogP contribution >= 0.6 is 0 Å². The van der Waals surface area contributed by atoms with Crippen LogP contribution in [0.3, 0.4) is 0 Å². The molecule has 3 heteroatoms. The highest BCUT2D eigenvalue weighted by atomic mass is 16.3. The summed E-state index contributed by atoms with van der Waals surface area (Å²) in [6.07, 6.45) is 15.2. The number of hydrogen-bond donors (Lipinski definition) is 0. The van der Waals surface area contributed by atoms with Crippen molar-refractivity contribution in [3.63, 3.8) is 0 Å². The third-order valence-electron chi connectivity index (χ3n) is 11.7. The number of rotatable bonds is 6. The Morgan fingerprint density at radius 3 is 1.87 bits per heavy atom. The van der Waals surface area contributed by atoms with Crippen LogP contribution in [0.2, 0.25) is 0 Å². The van der Waals surface area contributed by atoms with E-state index in [4.69, 9.17) is 4.42 Å². The molecule has 10 aromatic rings. The van der Waals surface area contributed by atoms with Crippen molar-refractivity contribution >= 4 is 56.3 Å². The second kappa shape index (κ2) is 15.6. The first-order valence-electron chi connectivity index (χ1n) is 20.8. The van der Waals surface area contributed by atoms with Crippen LogP contribution in [0.4, 0.5) is 11.4 Å². The van der Waals surface area contributed by atoms with Gasteiger partial charge in [0.2, 0.25) is 0 Å². The molecule has 0 aliphatic heterocycles. The lowest BCUT2D eigenvalue weighted by atomic mass is 9.98. The summed E-state index contributed by atoms with van der Waals surface area (Å²) in [7, 11) is 0. The lowest BCUT2D eigenvalue weighted by molar-refractivity contribution is 0.631. The first-order valence-corrected chi connectivity index (χ1v) is 20.8. The van der Waals surface area contributed by atoms with Crippen molar-refractivity contribution in [1.29, 1.82) is 0 Å². The van der Waals surface area contributed by atoms with E-state index in [9.17, 15) is 0 Å². The summed E-state index contributed by atoms with van der Waals surface area (Å²) >= 11 is 0. The predicted molar refractivity (Wildman–Crippen MR) is 257 cm³/mol. The summed E-state index contributed by atoms with van der Waals surface area (Å²) in [5.74, 6) is 0.849. The second-order valence-electron chi connectivity index (χ2n) is 15.3. The summed E-state index contributed by atoms with van der Waals surface area (Å²) < 4.78 is 9.32. The molecule has 3 nitrogen and oxygen atoms in total. The molecular formula is C58H40N2O. The van der Waals surface area contributed by atoms with Crippen LogP contribution in [0.15, 0.2) is 241 Å². The van der Waals surface area contributed by atoms with Gasteiger partial charge in [-0.2, -0.15) is 0 Å². The zero-order valence-electron chi connectivity index (χ0n) is 33.4. The van der Waals surface area contributed by atoms with E-state index in [-0.39, 0.29) is 0 Å². The van der Waals surface area contributed by atoms with Crippen LogP contribution in [-0.4, -0.2) is 4.57 Å². The van der Waals surface area contributed by atoms with E-state index >= 15 is 0 Å². The van der Waals surface area contributed by atoms with Crippen LogP contribution in [0.1, 0.15) is 11.1 Å². The number of allylic oxidation sites excluding steroid dienone is 5. The molecule has 2 heterocycles. The molecule has 0 spiro atoms. The van der Waals surface area contributed by atoms with Crippen molar-refractivity contribution < 1.29 is 4.42 Å². The standard InChI is InChI=1S/C58H40N2O/c1-5-18-41(19-6-1)42-32-35-47(36-33-42)59(48-38-39-52-51-27-15-16-31-55(51)60(56(52)40-48)45-23-9-3-10-24-45)46-25-11-4-12-28-53-54-30-17-29-50(43-20-7-2-8-21-43)58(54)61-57(53)49-26-14-13-22-44(49)34-37-46/h1-40H/b11-4-,12-4?,25-11?,28-12+,37-34?,44-34?,46-25?,46-37?,53-28?,57-49?. The van der Waals surface area contributed by atoms with Crippen molar-refractivity contribution in [2.75, 3.05) is 4.90 Å². The smallest absolute Gasteiger partial charge is 0.143 e. The molecule has 0 fully saturated rings. The summed E-state index contributed by atoms with van der Waals surface area (Å²) in [6, 6.07) is 71.1. The van der Waals surface area contributed by atoms with E-state index in [1.54, 1.807) is 0 Å². The molecule has 0 N–H and O–H groups in total. The number of aromatic nitrogens is 1. The largest absolute Gasteiger partial charge is 0.455 e. The Morgan fingerprint density at radius 1 is 0.410 bits per heavy atom. The molecule has 11 rings (SSSR count). The van der Waals surface area contributed by atoms with Crippen LogP contribution in [0, 0.1) is 0 Å². The fourth-order valence-corrected chi connectivity index (χ4v) is 8.78. The van der Waals surface area contributed by atoms with Crippen molar-refractivity contribution in [3.05, 3.63) is 247 Å². The lowest BCUT2D eigenvalue weighted by Gasteiger charge is -2.27. The number of nitrogens with zero attached hydrogens (tertiary/aromatic N) is 2. The van der Waals surface area contributed by atoms with Gasteiger partial charge in [-0.1, -0.05) is 188 Å². The van der Waals surface area contributed by atoms with Gasteiger partial charge in [-0.25, -0.2) is 0 Å². The molecular weight excluding hydrogens is 741 g/mol. The number of furan rings is 1. The zero-order chi connectivity index (χ0) is 40.5. The normalized spacial score (nSPS) is 13.5. The quantitative estimate of drug-likeness (QED) is 0.168. The van der Waals surface area contributed by atoms with Gasteiger partial charge in [-0.15, -0.1) is 0 Å². The average molecular weight is 781 g/mol. The molecule has 8 aromatic carbocycles. The highest BCUT2D eigenvalue weighted by molar-refractivity contribution is 6.10. The average Bonchev–Trinajstić information content (AvgIpc) is 3.86. The second-order valence-corrected chi connectivity index (χ2v) is 15.3. The highest BCUT2D eigenvalue weighted by Gasteiger charge is 2.21. The van der Waals surface area contributed by atoms with Gasteiger partial charge in [0.15, 0.2) is 0 Å². The molecule has 0 radical (unpaired) electrons. The molecule has 61 heavy (non-hydrogen) atoms. The van der Waals surface area contributed by atoms with Gasteiger partial charge in [0.25, 0.3) is 0 Å². The Bertz CT molecular complexity index is 3330. The lowest BCUT2D eigenvalue weighted by Crippen LogP contribution is -2.15. The van der Waals surface area contributed by atoms with E-state index < -0.39 is 0 Å². The Kier molecular flexibility index (Phi) is 9.18. The topological polar surface area (TPSA) is 21.3 Å². The van der Waals surface area contributed by atoms with E-state index in [0.29, 0.717) is 0 Å². The fraction of sp³-hybridized carbons (Fsp3) is 0. The molecule has 0 bridgehead atoms. The number of anilines is 2. The first-order chi connectivity index (χ1) is 30.3. The van der Waals surface area contributed by atoms with Crippen LogP contribution in [0.25, 0.3) is 84.2 Å². The van der Waals surface area contributed by atoms with Gasteiger partial charge in [0.1, 0.15) is 11.3 Å². The third-order valence-corrected chi connectivity index (χ3v) is 11.7. The molecule has 0 saturated heterocycles. The van der Waals surface area contributed by atoms with Gasteiger partial charge in [-0.3, -0.25) is 0 Å². The van der Waals surface area contributed by atoms with Crippen molar-refractivity contribution in [3.8, 4) is 39.3 Å². The van der Waals surface area contributed by atoms with E-state index in [1.807, 2.05) is 6.07 Å². The van der Waals surface area contributed by atoms with E-state index in [2.05, 4.69) is 246 Å². The number of hydrogen-bond acceptors (Lipinski definition) is 2. The minimum atomic E-state index is 0.849. The first kappa shape index (κ1) is 36.0. The highest BCUT2D eigenvalue weighted by Crippen LogP contribution is 2.42. The monoisotopic (exact) mass is 780 g/mol. The SMILES string of the molecule is C1=Cc2ccccc2-c2oc3c(-c4ccccc4)cccc3c2/C=C/C=C\C=C1N(c1ccc(-c2ccccc2)cc1)c1ccc2c3ccccc3n(-c3ccccc3)c2c1. The molecule has 0 saturated carbocycles. The molecule has 1 aliphatic carbocycles. The molecule has 0 atom stereocenters. The Morgan fingerprint density at radius 2 is 1.05 bits per heavy atom. The van der Waals surface area contributed by atoms with Crippen LogP contribution < -0.4 is 4.90 Å². The summed E-state index contributed by atoms with van der Waals surface area (Å²) in [4.78, 5) is 2.36. The Labute approximate surface area is 355 Å². The Balaban J connectivity index is 1.09. The maximum Gasteiger partial charge on any atom is 0.143 e. The molecule has 0 amide bonds. The number of para-hydroxylation sites is 3. The van der Waals surface area contributed by atoms with Gasteiger partial charge >= 0.3 is 0 Å². The minimum absolute atomic E-state index is 0.849. The van der Waals surface area contributed by atoms with E-state index in [1.165, 1.54) is 27.4 Å². The third kappa shape index (κ3) is 6.59. The maximum absolute atomic E-state index is 6.94. The summed E-state index contributed by atoms with van der Waals surface area (Å²) in [6.45, 7) is 0. The Hall–Kier alpha value is -8.14. The van der Waals surface area contributed by atoms with Crippen molar-refractivity contribution in [1.82, 2.24) is 4.57 Å². The van der Waals surface area contributed by atoms with Crippen molar-refractivity contribution in [2.45, 2.75) is 0 Å². The number of benzene rings is 8. The van der Waals surface area contributed by atoms with Gasteiger partial charge in [0.05, 0.1) is 11.0 Å². The van der Waals surface area contributed by atoms with Gasteiger partial charge in [0, 0.05) is 55.6 Å². The number of fused-ring (bicyclic) bond motifs is 8. The molecule has 288 valence electrons. The zero-order valence-corrected chi connectivity index (χ0v) is 33.4. The van der Waals surface area contributed by atoms with Gasteiger partial charge < -0.3 is 13.9 Å². The molecule has 0 unspecified atom stereocenters. The van der Waals surface area contributed by atoms with Crippen LogP contribution in [0.5, 0.6) is 0 Å². The molecule has 2 aromatic heterocycles. The van der Waals surface area contributed by atoms with E-state index in [0.717, 1.165) is 72.8 Å². The van der Waals surface area contributed by atoms with Crippen molar-refractivity contribution in [2.24, 2.45) is 0 Å². The van der Waals surface area contributed by atoms with Crippen LogP contribution in [-0.2, 0) is 0 Å². The fourth-order valence-electron chi connectivity index (χ4n) is 8.78.